The Kier molecular flexibility index (Phi) is 5.67. The maximum absolute atomic E-state index is 6.01. The predicted molar refractivity (Wildman–Crippen MR) is 108 cm³/mol. The van der Waals surface area contributed by atoms with Crippen molar-refractivity contribution >= 4 is 22.4 Å². The van der Waals surface area contributed by atoms with E-state index in [9.17, 15) is 0 Å². The molecule has 0 saturated heterocycles. The summed E-state index contributed by atoms with van der Waals surface area (Å²) >= 11 is 5.99. The Morgan fingerprint density at radius 2 is 1.50 bits per heavy atom. The van der Waals surface area contributed by atoms with Gasteiger partial charge in [-0.2, -0.15) is 0 Å². The van der Waals surface area contributed by atoms with Gasteiger partial charge in [0.05, 0.1) is 12.2 Å². The van der Waals surface area contributed by atoms with Crippen molar-refractivity contribution in [1.29, 1.82) is 0 Å². The topological polar surface area (TPSA) is 31.4 Å². The minimum absolute atomic E-state index is 0.0727. The Bertz CT molecular complexity index is 889. The fourth-order valence-electron chi connectivity index (χ4n) is 2.89. The van der Waals surface area contributed by atoms with Gasteiger partial charge in [-0.1, -0.05) is 23.7 Å². The molecule has 0 radical (unpaired) electrons. The largest absolute Gasteiger partial charge is 0.487 e. The number of ether oxygens (including phenoxy) is 2. The normalized spacial score (nSPS) is 11.3. The van der Waals surface area contributed by atoms with Crippen LogP contribution in [0.4, 0.5) is 0 Å². The van der Waals surface area contributed by atoms with Crippen molar-refractivity contribution in [2.75, 3.05) is 0 Å². The molecule has 0 atom stereocenters. The van der Waals surface area contributed by atoms with Crippen LogP contribution in [0.2, 0.25) is 5.02 Å². The van der Waals surface area contributed by atoms with Gasteiger partial charge >= 0.3 is 0 Å². The van der Waals surface area contributed by atoms with Crippen LogP contribution in [0.5, 0.6) is 11.5 Å². The average Bonchev–Trinajstić information content (AvgIpc) is 2.57. The molecule has 0 aliphatic heterocycles. The van der Waals surface area contributed by atoms with Crippen LogP contribution in [-0.4, -0.2) is 17.2 Å². The van der Waals surface area contributed by atoms with Crippen molar-refractivity contribution in [2.45, 2.75) is 46.3 Å². The van der Waals surface area contributed by atoms with Crippen LogP contribution in [-0.2, 0) is 6.42 Å². The lowest BCUT2D eigenvalue weighted by molar-refractivity contribution is 0.199. The number of aromatic nitrogens is 1. The second-order valence-corrected chi connectivity index (χ2v) is 7.39. The summed E-state index contributed by atoms with van der Waals surface area (Å²) in [4.78, 5) is 4.41. The molecule has 0 aliphatic rings. The van der Waals surface area contributed by atoms with Crippen LogP contribution in [0.1, 0.15) is 38.8 Å². The SMILES string of the molecule is CC(C)Oc1cc2cncc(Cc3ccc(Cl)cc3)c2cc1OC(C)C. The van der Waals surface area contributed by atoms with Gasteiger partial charge < -0.3 is 9.47 Å². The standard InChI is InChI=1S/C22H24ClNO2/c1-14(2)25-21-10-18-13-24-12-17(9-16-5-7-19(23)8-6-16)20(18)11-22(21)26-15(3)4/h5-8,10-15H,9H2,1-4H3. The quantitative estimate of drug-likeness (QED) is 0.529. The molecule has 136 valence electrons. The monoisotopic (exact) mass is 369 g/mol. The number of hydrogen-bond donors (Lipinski definition) is 0. The first-order valence-corrected chi connectivity index (χ1v) is 9.28. The highest BCUT2D eigenvalue weighted by molar-refractivity contribution is 6.30. The van der Waals surface area contributed by atoms with Gasteiger partial charge in [-0.25, -0.2) is 0 Å². The summed E-state index contributed by atoms with van der Waals surface area (Å²) in [7, 11) is 0. The first-order chi connectivity index (χ1) is 12.4. The highest BCUT2D eigenvalue weighted by atomic mass is 35.5. The molecule has 0 spiro atoms. The number of rotatable bonds is 6. The van der Waals surface area contributed by atoms with Crippen LogP contribution in [0, 0.1) is 0 Å². The third-order valence-corrected chi connectivity index (χ3v) is 4.19. The van der Waals surface area contributed by atoms with Crippen LogP contribution in [0.3, 0.4) is 0 Å². The molecule has 0 bridgehead atoms. The highest BCUT2D eigenvalue weighted by Crippen LogP contribution is 2.35. The van der Waals surface area contributed by atoms with E-state index in [1.54, 1.807) is 0 Å². The lowest BCUT2D eigenvalue weighted by Crippen LogP contribution is -2.11. The summed E-state index contributed by atoms with van der Waals surface area (Å²) in [6, 6.07) is 12.0. The van der Waals surface area contributed by atoms with Crippen LogP contribution in [0.15, 0.2) is 48.8 Å². The highest BCUT2D eigenvalue weighted by Gasteiger charge is 2.13. The fraction of sp³-hybridized carbons (Fsp3) is 0.318. The Morgan fingerprint density at radius 3 is 2.12 bits per heavy atom. The second-order valence-electron chi connectivity index (χ2n) is 6.96. The molecule has 0 unspecified atom stereocenters. The van der Waals surface area contributed by atoms with E-state index in [1.165, 1.54) is 5.56 Å². The van der Waals surface area contributed by atoms with Crippen LogP contribution in [0.25, 0.3) is 10.8 Å². The lowest BCUT2D eigenvalue weighted by Gasteiger charge is -2.18. The Labute approximate surface area is 159 Å². The molecule has 3 rings (SSSR count). The van der Waals surface area contributed by atoms with Crippen molar-refractivity contribution in [3.63, 3.8) is 0 Å². The summed E-state index contributed by atoms with van der Waals surface area (Å²) in [5.41, 5.74) is 2.34. The van der Waals surface area contributed by atoms with E-state index >= 15 is 0 Å². The van der Waals surface area contributed by atoms with Gasteiger partial charge in [0.1, 0.15) is 0 Å². The molecule has 4 heteroatoms. The van der Waals surface area contributed by atoms with E-state index in [2.05, 4.69) is 11.1 Å². The van der Waals surface area contributed by atoms with E-state index in [4.69, 9.17) is 21.1 Å². The fourth-order valence-corrected chi connectivity index (χ4v) is 3.02. The zero-order valence-corrected chi connectivity index (χ0v) is 16.4. The van der Waals surface area contributed by atoms with E-state index in [0.717, 1.165) is 39.3 Å². The maximum Gasteiger partial charge on any atom is 0.162 e. The van der Waals surface area contributed by atoms with E-state index in [1.807, 2.05) is 70.4 Å². The van der Waals surface area contributed by atoms with Gasteiger partial charge in [0.2, 0.25) is 0 Å². The van der Waals surface area contributed by atoms with Crippen molar-refractivity contribution in [2.24, 2.45) is 0 Å². The number of fused-ring (bicyclic) bond motifs is 1. The predicted octanol–water partition coefficient (Wildman–Crippen LogP) is 6.05. The van der Waals surface area contributed by atoms with Crippen molar-refractivity contribution in [3.8, 4) is 11.5 Å². The van der Waals surface area contributed by atoms with Crippen LogP contribution < -0.4 is 9.47 Å². The molecule has 3 aromatic rings. The van der Waals surface area contributed by atoms with E-state index in [0.29, 0.717) is 0 Å². The minimum Gasteiger partial charge on any atom is -0.487 e. The Balaban J connectivity index is 2.05. The average molecular weight is 370 g/mol. The molecular weight excluding hydrogens is 346 g/mol. The molecule has 26 heavy (non-hydrogen) atoms. The lowest BCUT2D eigenvalue weighted by atomic mass is 10.0. The number of hydrogen-bond acceptors (Lipinski definition) is 3. The third kappa shape index (κ3) is 4.47. The zero-order chi connectivity index (χ0) is 18.7. The molecule has 0 fully saturated rings. The van der Waals surface area contributed by atoms with Gasteiger partial charge in [0.25, 0.3) is 0 Å². The number of benzene rings is 2. The maximum atomic E-state index is 6.01. The number of nitrogens with zero attached hydrogens (tertiary/aromatic N) is 1. The molecule has 0 saturated carbocycles. The minimum atomic E-state index is 0.0727. The molecule has 0 N–H and O–H groups in total. The van der Waals surface area contributed by atoms with Crippen molar-refractivity contribution in [3.05, 3.63) is 64.9 Å². The molecule has 0 amide bonds. The molecule has 1 heterocycles. The van der Waals surface area contributed by atoms with Gasteiger partial charge in [0, 0.05) is 22.8 Å². The first kappa shape index (κ1) is 18.5. The summed E-state index contributed by atoms with van der Waals surface area (Å²) in [5.74, 6) is 1.52. The Morgan fingerprint density at radius 1 is 0.885 bits per heavy atom. The van der Waals surface area contributed by atoms with Gasteiger partial charge in [-0.15, -0.1) is 0 Å². The molecule has 2 aromatic carbocycles. The van der Waals surface area contributed by atoms with Crippen LogP contribution >= 0.6 is 11.6 Å². The van der Waals surface area contributed by atoms with Gasteiger partial charge in [0.15, 0.2) is 11.5 Å². The molecule has 0 aliphatic carbocycles. The number of pyridine rings is 1. The first-order valence-electron chi connectivity index (χ1n) is 8.90. The Hall–Kier alpha value is -2.26. The van der Waals surface area contributed by atoms with E-state index in [-0.39, 0.29) is 12.2 Å². The molecular formula is C22H24ClNO2. The second kappa shape index (κ2) is 7.96. The third-order valence-electron chi connectivity index (χ3n) is 3.94. The smallest absolute Gasteiger partial charge is 0.162 e. The zero-order valence-electron chi connectivity index (χ0n) is 15.6. The van der Waals surface area contributed by atoms with E-state index < -0.39 is 0 Å². The van der Waals surface area contributed by atoms with Gasteiger partial charge in [-0.05, 0) is 74.9 Å². The van der Waals surface area contributed by atoms with Crippen molar-refractivity contribution < 1.29 is 9.47 Å². The summed E-state index contributed by atoms with van der Waals surface area (Å²) in [6.07, 6.45) is 4.72. The molecule has 3 nitrogen and oxygen atoms in total. The summed E-state index contributed by atoms with van der Waals surface area (Å²) in [6.45, 7) is 8.06. The summed E-state index contributed by atoms with van der Waals surface area (Å²) < 4.78 is 12.0. The number of halogens is 1. The summed E-state index contributed by atoms with van der Waals surface area (Å²) in [5, 5.41) is 2.91. The molecule has 1 aromatic heterocycles. The van der Waals surface area contributed by atoms with Gasteiger partial charge in [-0.3, -0.25) is 4.98 Å². The van der Waals surface area contributed by atoms with Crippen molar-refractivity contribution in [1.82, 2.24) is 4.98 Å².